The Hall–Kier alpha value is -1.47. The third-order valence-corrected chi connectivity index (χ3v) is 2.34. The van der Waals surface area contributed by atoms with Crippen molar-refractivity contribution >= 4 is 0 Å². The average molecular weight is 249 g/mol. The molecular weight excluding hydrogens is 239 g/mol. The molecule has 4 nitrogen and oxygen atoms in total. The maximum absolute atomic E-state index is 12.7. The van der Waals surface area contributed by atoms with Gasteiger partial charge < -0.3 is 9.47 Å². The van der Waals surface area contributed by atoms with Crippen LogP contribution in [0.4, 0.5) is 13.2 Å². The topological polar surface area (TPSA) is 53.7 Å². The molecule has 0 aliphatic carbocycles. The molecular formula is C10H10F3NO3. The van der Waals surface area contributed by atoms with Crippen molar-refractivity contribution in [1.82, 2.24) is 0 Å². The van der Waals surface area contributed by atoms with E-state index in [1.54, 1.807) is 0 Å². The zero-order chi connectivity index (χ0) is 12.5. The monoisotopic (exact) mass is 249 g/mol. The molecule has 94 valence electrons. The van der Waals surface area contributed by atoms with Crippen molar-refractivity contribution in [3.05, 3.63) is 23.3 Å². The van der Waals surface area contributed by atoms with Crippen LogP contribution in [0.3, 0.4) is 0 Å². The van der Waals surface area contributed by atoms with Crippen LogP contribution in [0.1, 0.15) is 11.1 Å². The van der Waals surface area contributed by atoms with Gasteiger partial charge in [0.15, 0.2) is 11.5 Å². The lowest BCUT2D eigenvalue weighted by Gasteiger charge is -2.23. The van der Waals surface area contributed by atoms with Crippen LogP contribution in [0.25, 0.3) is 0 Å². The molecule has 2 rings (SSSR count). The van der Waals surface area contributed by atoms with E-state index in [1.165, 1.54) is 6.07 Å². The molecule has 1 aliphatic heterocycles. The van der Waals surface area contributed by atoms with Gasteiger partial charge in [-0.2, -0.15) is 13.2 Å². The fourth-order valence-electron chi connectivity index (χ4n) is 1.67. The minimum absolute atomic E-state index is 0.0523. The van der Waals surface area contributed by atoms with Crippen LogP contribution in [0, 0.1) is 0 Å². The van der Waals surface area contributed by atoms with Crippen LogP contribution in [0.2, 0.25) is 0 Å². The van der Waals surface area contributed by atoms with E-state index in [4.69, 9.17) is 15.4 Å². The van der Waals surface area contributed by atoms with Crippen molar-refractivity contribution in [2.24, 2.45) is 5.90 Å². The summed E-state index contributed by atoms with van der Waals surface area (Å²) in [7, 11) is 0. The number of rotatable bonds is 2. The lowest BCUT2D eigenvalue weighted by molar-refractivity contribution is -0.139. The molecule has 17 heavy (non-hydrogen) atoms. The van der Waals surface area contributed by atoms with Crippen LogP contribution in [-0.2, 0) is 17.6 Å². The van der Waals surface area contributed by atoms with Gasteiger partial charge in [-0.15, -0.1) is 0 Å². The summed E-state index contributed by atoms with van der Waals surface area (Å²) in [4.78, 5) is 4.29. The van der Waals surface area contributed by atoms with Crippen LogP contribution in [0.5, 0.6) is 11.5 Å². The summed E-state index contributed by atoms with van der Waals surface area (Å²) in [5.41, 5.74) is -0.968. The lowest BCUT2D eigenvalue weighted by atomic mass is 10.1. The normalized spacial score (nSPS) is 14.8. The van der Waals surface area contributed by atoms with Gasteiger partial charge in [-0.25, -0.2) is 5.90 Å². The van der Waals surface area contributed by atoms with Crippen molar-refractivity contribution in [3.8, 4) is 11.5 Å². The van der Waals surface area contributed by atoms with Crippen LogP contribution in [0.15, 0.2) is 12.1 Å². The second kappa shape index (κ2) is 4.42. The second-order valence-electron chi connectivity index (χ2n) is 3.42. The van der Waals surface area contributed by atoms with Gasteiger partial charge in [0.25, 0.3) is 0 Å². The summed E-state index contributed by atoms with van der Waals surface area (Å²) < 4.78 is 48.6. The van der Waals surface area contributed by atoms with E-state index in [9.17, 15) is 13.2 Å². The Bertz CT molecular complexity index is 420. The highest BCUT2D eigenvalue weighted by Crippen LogP contribution is 2.42. The molecule has 0 unspecified atom stereocenters. The van der Waals surface area contributed by atoms with E-state index in [-0.39, 0.29) is 30.3 Å². The molecule has 0 radical (unpaired) electrons. The molecule has 1 aromatic carbocycles. The number of halogens is 3. The fourth-order valence-corrected chi connectivity index (χ4v) is 1.67. The first kappa shape index (κ1) is 12.0. The molecule has 1 aromatic rings. The van der Waals surface area contributed by atoms with Crippen molar-refractivity contribution in [3.63, 3.8) is 0 Å². The van der Waals surface area contributed by atoms with Gasteiger partial charge in [0.1, 0.15) is 13.2 Å². The number of hydrogen-bond acceptors (Lipinski definition) is 4. The minimum atomic E-state index is -4.48. The number of benzene rings is 1. The Balaban J connectivity index is 2.53. The SMILES string of the molecule is NOCc1c(C(F)(F)F)ccc2c1OCCO2. The predicted octanol–water partition coefficient (Wildman–Crippen LogP) is 1.87. The quantitative estimate of drug-likeness (QED) is 0.813. The molecule has 0 fully saturated rings. The number of alkyl halides is 3. The third-order valence-electron chi connectivity index (χ3n) is 2.34. The Kier molecular flexibility index (Phi) is 3.12. The first-order valence-electron chi connectivity index (χ1n) is 4.84. The van der Waals surface area contributed by atoms with Crippen molar-refractivity contribution in [1.29, 1.82) is 0 Å². The highest BCUT2D eigenvalue weighted by atomic mass is 19.4. The Morgan fingerprint density at radius 2 is 1.94 bits per heavy atom. The maximum atomic E-state index is 12.7. The molecule has 2 N–H and O–H groups in total. The molecule has 0 amide bonds. The smallest absolute Gasteiger partial charge is 0.416 e. The standard InChI is InChI=1S/C10H10F3NO3/c11-10(12,13)7-1-2-8-9(6(7)5-17-14)16-4-3-15-8/h1-2H,3-5,14H2. The molecule has 0 bridgehead atoms. The zero-order valence-electron chi connectivity index (χ0n) is 8.71. The number of ether oxygens (including phenoxy) is 2. The Morgan fingerprint density at radius 1 is 1.24 bits per heavy atom. The minimum Gasteiger partial charge on any atom is -0.486 e. The van der Waals surface area contributed by atoms with Gasteiger partial charge in [0, 0.05) is 5.56 Å². The summed E-state index contributed by atoms with van der Waals surface area (Å²) in [6, 6.07) is 2.17. The Labute approximate surface area is 95.0 Å². The molecule has 1 heterocycles. The summed E-state index contributed by atoms with van der Waals surface area (Å²) >= 11 is 0. The largest absolute Gasteiger partial charge is 0.486 e. The van der Waals surface area contributed by atoms with E-state index in [2.05, 4.69) is 4.84 Å². The summed E-state index contributed by atoms with van der Waals surface area (Å²) in [5.74, 6) is 5.17. The van der Waals surface area contributed by atoms with Gasteiger partial charge in [0.2, 0.25) is 0 Å². The second-order valence-corrected chi connectivity index (χ2v) is 3.42. The average Bonchev–Trinajstić information content (AvgIpc) is 2.28. The van der Waals surface area contributed by atoms with Gasteiger partial charge >= 0.3 is 6.18 Å². The van der Waals surface area contributed by atoms with Gasteiger partial charge in [-0.05, 0) is 12.1 Å². The van der Waals surface area contributed by atoms with Crippen LogP contribution >= 0.6 is 0 Å². The highest BCUT2D eigenvalue weighted by molar-refractivity contribution is 5.52. The first-order chi connectivity index (χ1) is 8.04. The van der Waals surface area contributed by atoms with Crippen LogP contribution < -0.4 is 15.4 Å². The molecule has 1 aliphatic rings. The van der Waals surface area contributed by atoms with E-state index in [0.717, 1.165) is 6.07 Å². The summed E-state index contributed by atoms with van der Waals surface area (Å²) in [6.07, 6.45) is -4.48. The van der Waals surface area contributed by atoms with Crippen molar-refractivity contribution in [2.75, 3.05) is 13.2 Å². The van der Waals surface area contributed by atoms with E-state index < -0.39 is 11.7 Å². The number of hydrogen-bond donors (Lipinski definition) is 1. The molecule has 0 atom stereocenters. The van der Waals surface area contributed by atoms with Gasteiger partial charge in [-0.1, -0.05) is 0 Å². The molecule has 7 heteroatoms. The highest BCUT2D eigenvalue weighted by Gasteiger charge is 2.36. The molecule has 0 spiro atoms. The number of nitrogens with two attached hydrogens (primary N) is 1. The lowest BCUT2D eigenvalue weighted by Crippen LogP contribution is -2.20. The van der Waals surface area contributed by atoms with E-state index >= 15 is 0 Å². The predicted molar refractivity (Wildman–Crippen MR) is 51.4 cm³/mol. The molecule has 0 aromatic heterocycles. The molecule has 0 saturated carbocycles. The van der Waals surface area contributed by atoms with E-state index in [0.29, 0.717) is 6.61 Å². The van der Waals surface area contributed by atoms with Gasteiger partial charge in [-0.3, -0.25) is 4.84 Å². The number of fused-ring (bicyclic) bond motifs is 1. The Morgan fingerprint density at radius 3 is 2.59 bits per heavy atom. The zero-order valence-corrected chi connectivity index (χ0v) is 8.71. The maximum Gasteiger partial charge on any atom is 0.416 e. The fraction of sp³-hybridized carbons (Fsp3) is 0.400. The molecule has 0 saturated heterocycles. The van der Waals surface area contributed by atoms with Gasteiger partial charge in [0.05, 0.1) is 12.2 Å². The first-order valence-corrected chi connectivity index (χ1v) is 4.84. The van der Waals surface area contributed by atoms with E-state index in [1.807, 2.05) is 0 Å². The van der Waals surface area contributed by atoms with Crippen molar-refractivity contribution < 1.29 is 27.5 Å². The third kappa shape index (κ3) is 2.29. The summed E-state index contributed by atoms with van der Waals surface area (Å²) in [5, 5.41) is 0. The van der Waals surface area contributed by atoms with Crippen LogP contribution in [-0.4, -0.2) is 13.2 Å². The van der Waals surface area contributed by atoms with Crippen molar-refractivity contribution in [2.45, 2.75) is 12.8 Å². The summed E-state index contributed by atoms with van der Waals surface area (Å²) in [6.45, 7) is 0.120.